The van der Waals surface area contributed by atoms with Crippen LogP contribution in [-0.4, -0.2) is 12.3 Å². The average molecular weight is 288 g/mol. The van der Waals surface area contributed by atoms with Crippen LogP contribution in [0.5, 0.6) is 0 Å². The number of hydrogen-bond donors (Lipinski definition) is 1. The second-order valence-electron chi connectivity index (χ2n) is 4.14. The van der Waals surface area contributed by atoms with E-state index in [1.165, 1.54) is 0 Å². The summed E-state index contributed by atoms with van der Waals surface area (Å²) in [6.45, 7) is 0.512. The van der Waals surface area contributed by atoms with E-state index in [0.29, 0.717) is 18.7 Å². The van der Waals surface area contributed by atoms with Crippen LogP contribution in [0.15, 0.2) is 15.9 Å². The van der Waals surface area contributed by atoms with Crippen molar-refractivity contribution >= 4 is 33.0 Å². The molecule has 4 heteroatoms. The van der Waals surface area contributed by atoms with Gasteiger partial charge in [-0.05, 0) is 40.9 Å². The highest BCUT2D eigenvalue weighted by molar-refractivity contribution is 9.11. The Labute approximate surface area is 102 Å². The number of ketones is 1. The van der Waals surface area contributed by atoms with Crippen molar-refractivity contribution < 1.29 is 4.79 Å². The van der Waals surface area contributed by atoms with Gasteiger partial charge in [0, 0.05) is 23.3 Å². The lowest BCUT2D eigenvalue weighted by Gasteiger charge is -2.39. The second-order valence-corrected chi connectivity index (χ2v) is 6.69. The Hall–Kier alpha value is -0.190. The fourth-order valence-electron chi connectivity index (χ4n) is 1.99. The van der Waals surface area contributed by atoms with Crippen molar-refractivity contribution in [3.05, 3.63) is 20.8 Å². The van der Waals surface area contributed by atoms with Gasteiger partial charge in [0.15, 0.2) is 0 Å². The molecule has 0 saturated heterocycles. The number of rotatable bonds is 4. The van der Waals surface area contributed by atoms with Crippen LogP contribution in [-0.2, 0) is 11.2 Å². The molecule has 1 saturated carbocycles. The first-order valence-electron chi connectivity index (χ1n) is 5.14. The summed E-state index contributed by atoms with van der Waals surface area (Å²) in [5.74, 6) is 0.325. The highest BCUT2D eigenvalue weighted by Gasteiger charge is 2.42. The maximum absolute atomic E-state index is 12.1. The lowest BCUT2D eigenvalue weighted by molar-refractivity contribution is -0.132. The number of thiophene rings is 1. The van der Waals surface area contributed by atoms with Crippen LogP contribution < -0.4 is 5.73 Å². The number of carbonyl (C=O) groups excluding carboxylic acids is 1. The molecule has 2 nitrogen and oxygen atoms in total. The first kappa shape index (κ1) is 11.3. The van der Waals surface area contributed by atoms with Gasteiger partial charge >= 0.3 is 0 Å². The topological polar surface area (TPSA) is 43.1 Å². The molecule has 0 unspecified atom stereocenters. The van der Waals surface area contributed by atoms with Crippen molar-refractivity contribution in [1.82, 2.24) is 0 Å². The van der Waals surface area contributed by atoms with E-state index < -0.39 is 0 Å². The van der Waals surface area contributed by atoms with Crippen LogP contribution in [0.4, 0.5) is 0 Å². The summed E-state index contributed by atoms with van der Waals surface area (Å²) in [5.41, 5.74) is 5.52. The molecule has 0 atom stereocenters. The molecular formula is C11H14BrNOS. The Morgan fingerprint density at radius 1 is 1.53 bits per heavy atom. The summed E-state index contributed by atoms with van der Waals surface area (Å²) in [6.07, 6.45) is 3.66. The zero-order valence-corrected chi connectivity index (χ0v) is 10.9. The lowest BCUT2D eigenvalue weighted by atomic mass is 9.65. The molecular weight excluding hydrogens is 274 g/mol. The van der Waals surface area contributed by atoms with Gasteiger partial charge in [-0.1, -0.05) is 6.42 Å². The van der Waals surface area contributed by atoms with E-state index in [9.17, 15) is 4.79 Å². The molecule has 0 radical (unpaired) electrons. The first-order valence-corrected chi connectivity index (χ1v) is 6.75. The average Bonchev–Trinajstić information content (AvgIpc) is 2.50. The largest absolute Gasteiger partial charge is 0.329 e. The Bertz CT molecular complexity index is 365. The van der Waals surface area contributed by atoms with Gasteiger partial charge < -0.3 is 5.73 Å². The maximum atomic E-state index is 12.1. The van der Waals surface area contributed by atoms with E-state index in [-0.39, 0.29) is 5.41 Å². The predicted octanol–water partition coefficient (Wildman–Crippen LogP) is 2.75. The third-order valence-corrected chi connectivity index (χ3v) is 4.88. The number of carbonyl (C=O) groups is 1. The van der Waals surface area contributed by atoms with Crippen molar-refractivity contribution in [2.75, 3.05) is 6.54 Å². The fraction of sp³-hybridized carbons (Fsp3) is 0.545. The van der Waals surface area contributed by atoms with Crippen molar-refractivity contribution in [2.45, 2.75) is 25.7 Å². The molecule has 1 fully saturated rings. The molecule has 1 aromatic heterocycles. The second kappa shape index (κ2) is 4.36. The number of hydrogen-bond acceptors (Lipinski definition) is 3. The van der Waals surface area contributed by atoms with Gasteiger partial charge in [0.2, 0.25) is 0 Å². The molecule has 1 aliphatic rings. The third kappa shape index (κ3) is 2.17. The number of halogens is 1. The minimum atomic E-state index is -0.184. The summed E-state index contributed by atoms with van der Waals surface area (Å²) in [4.78, 5) is 13.2. The van der Waals surface area contributed by atoms with Gasteiger partial charge in [-0.2, -0.15) is 0 Å². The molecule has 0 amide bonds. The zero-order valence-electron chi connectivity index (χ0n) is 8.46. The summed E-state index contributed by atoms with van der Waals surface area (Å²) < 4.78 is 1.08. The van der Waals surface area contributed by atoms with Crippen LogP contribution in [0, 0.1) is 5.41 Å². The van der Waals surface area contributed by atoms with E-state index in [4.69, 9.17) is 5.73 Å². The quantitative estimate of drug-likeness (QED) is 0.925. The molecule has 0 bridgehead atoms. The van der Waals surface area contributed by atoms with E-state index in [2.05, 4.69) is 15.9 Å². The minimum absolute atomic E-state index is 0.184. The summed E-state index contributed by atoms with van der Waals surface area (Å²) in [6, 6.07) is 4.00. The van der Waals surface area contributed by atoms with Gasteiger partial charge in [0.1, 0.15) is 5.78 Å². The normalized spacial score (nSPS) is 18.5. The van der Waals surface area contributed by atoms with Gasteiger partial charge in [-0.3, -0.25) is 4.79 Å². The Kier molecular flexibility index (Phi) is 3.28. The molecule has 0 aliphatic heterocycles. The Balaban J connectivity index is 2.03. The molecule has 15 heavy (non-hydrogen) atoms. The molecule has 0 aromatic carbocycles. The summed E-state index contributed by atoms with van der Waals surface area (Å²) in [7, 11) is 0. The fourth-order valence-corrected chi connectivity index (χ4v) is 3.47. The van der Waals surface area contributed by atoms with Gasteiger partial charge in [0.25, 0.3) is 0 Å². The van der Waals surface area contributed by atoms with E-state index >= 15 is 0 Å². The van der Waals surface area contributed by atoms with E-state index in [0.717, 1.165) is 27.9 Å². The number of nitrogens with two attached hydrogens (primary N) is 1. The molecule has 1 aliphatic carbocycles. The standard InChI is InChI=1S/C11H14BrNOS/c12-10-3-2-8(15-10)6-9(14)11(7-13)4-1-5-11/h2-3H,1,4-7,13H2. The van der Waals surface area contributed by atoms with Crippen molar-refractivity contribution in [3.63, 3.8) is 0 Å². The van der Waals surface area contributed by atoms with Gasteiger partial charge in [-0.15, -0.1) is 11.3 Å². The van der Waals surface area contributed by atoms with Crippen molar-refractivity contribution in [3.8, 4) is 0 Å². The van der Waals surface area contributed by atoms with Crippen LogP contribution in [0.1, 0.15) is 24.1 Å². The summed E-state index contributed by atoms with van der Waals surface area (Å²) in [5, 5.41) is 0. The highest BCUT2D eigenvalue weighted by Crippen LogP contribution is 2.41. The van der Waals surface area contributed by atoms with Gasteiger partial charge in [0.05, 0.1) is 3.79 Å². The van der Waals surface area contributed by atoms with Crippen LogP contribution >= 0.6 is 27.3 Å². The predicted molar refractivity (Wildman–Crippen MR) is 66.1 cm³/mol. The highest BCUT2D eigenvalue weighted by atomic mass is 79.9. The monoisotopic (exact) mass is 287 g/mol. The minimum Gasteiger partial charge on any atom is -0.329 e. The van der Waals surface area contributed by atoms with Crippen molar-refractivity contribution in [2.24, 2.45) is 11.1 Å². The third-order valence-electron chi connectivity index (χ3n) is 3.26. The molecule has 1 heterocycles. The van der Waals surface area contributed by atoms with Gasteiger partial charge in [-0.25, -0.2) is 0 Å². The van der Waals surface area contributed by atoms with Crippen molar-refractivity contribution in [1.29, 1.82) is 0 Å². The number of Topliss-reactive ketones (excluding diaryl/α,β-unsaturated/α-hetero) is 1. The zero-order chi connectivity index (χ0) is 10.9. The molecule has 1 aromatic rings. The molecule has 2 rings (SSSR count). The first-order chi connectivity index (χ1) is 7.16. The smallest absolute Gasteiger partial charge is 0.145 e. The lowest BCUT2D eigenvalue weighted by Crippen LogP contribution is -2.45. The van der Waals surface area contributed by atoms with Crippen LogP contribution in [0.3, 0.4) is 0 Å². The maximum Gasteiger partial charge on any atom is 0.145 e. The van der Waals surface area contributed by atoms with Crippen LogP contribution in [0.2, 0.25) is 0 Å². The Morgan fingerprint density at radius 2 is 2.27 bits per heavy atom. The SMILES string of the molecule is NCC1(C(=O)Cc2ccc(Br)s2)CCC1. The molecule has 0 spiro atoms. The molecule has 2 N–H and O–H groups in total. The Morgan fingerprint density at radius 3 is 2.67 bits per heavy atom. The van der Waals surface area contributed by atoms with E-state index in [1.807, 2.05) is 12.1 Å². The summed E-state index contributed by atoms with van der Waals surface area (Å²) >= 11 is 5.04. The van der Waals surface area contributed by atoms with Crippen LogP contribution in [0.25, 0.3) is 0 Å². The molecule has 82 valence electrons. The van der Waals surface area contributed by atoms with E-state index in [1.54, 1.807) is 11.3 Å².